The third-order valence-corrected chi connectivity index (χ3v) is 4.30. The van der Waals surface area contributed by atoms with Gasteiger partial charge in [-0.15, -0.1) is 0 Å². The quantitative estimate of drug-likeness (QED) is 0.911. The van der Waals surface area contributed by atoms with Crippen LogP contribution in [0.15, 0.2) is 42.5 Å². The summed E-state index contributed by atoms with van der Waals surface area (Å²) in [5.41, 5.74) is 7.81. The predicted molar refractivity (Wildman–Crippen MR) is 91.8 cm³/mol. The summed E-state index contributed by atoms with van der Waals surface area (Å²) in [4.78, 5) is 32.3. The summed E-state index contributed by atoms with van der Waals surface area (Å²) >= 11 is 0. The van der Waals surface area contributed by atoms with Gasteiger partial charge in [0.1, 0.15) is 11.4 Å². The SMILES string of the molecule is CC1CN(C)c2ccccc2CN1C(=O)c1cccc(C(N)=O)n1. The molecule has 6 heteroatoms. The third-order valence-electron chi connectivity index (χ3n) is 4.30. The van der Waals surface area contributed by atoms with Gasteiger partial charge in [0, 0.05) is 31.9 Å². The number of benzene rings is 1. The predicted octanol–water partition coefficient (Wildman–Crippen LogP) is 1.66. The molecule has 0 spiro atoms. The lowest BCUT2D eigenvalue weighted by Gasteiger charge is -2.28. The van der Waals surface area contributed by atoms with Crippen LogP contribution in [0.1, 0.15) is 33.5 Å². The van der Waals surface area contributed by atoms with Crippen molar-refractivity contribution < 1.29 is 9.59 Å². The minimum atomic E-state index is -0.640. The molecule has 0 bridgehead atoms. The highest BCUT2D eigenvalue weighted by molar-refractivity contribution is 5.95. The maximum Gasteiger partial charge on any atom is 0.273 e. The lowest BCUT2D eigenvalue weighted by atomic mass is 10.1. The molecule has 0 saturated carbocycles. The molecule has 1 unspecified atom stereocenters. The Labute approximate surface area is 140 Å². The van der Waals surface area contributed by atoms with Gasteiger partial charge in [-0.2, -0.15) is 0 Å². The normalized spacial score (nSPS) is 17.2. The number of anilines is 1. The second kappa shape index (κ2) is 6.31. The number of pyridine rings is 1. The number of amides is 2. The largest absolute Gasteiger partial charge is 0.372 e. The van der Waals surface area contributed by atoms with Crippen LogP contribution in [-0.4, -0.2) is 41.3 Å². The number of likely N-dealkylation sites (N-methyl/N-ethyl adjacent to an activating group) is 1. The third kappa shape index (κ3) is 2.95. The van der Waals surface area contributed by atoms with Crippen LogP contribution < -0.4 is 10.6 Å². The Morgan fingerprint density at radius 2 is 1.83 bits per heavy atom. The molecule has 1 aliphatic heterocycles. The van der Waals surface area contributed by atoms with Crippen molar-refractivity contribution in [1.82, 2.24) is 9.88 Å². The fraction of sp³-hybridized carbons (Fsp3) is 0.278. The molecule has 2 amide bonds. The van der Waals surface area contributed by atoms with Crippen molar-refractivity contribution in [2.75, 3.05) is 18.5 Å². The van der Waals surface area contributed by atoms with Gasteiger partial charge in [0.2, 0.25) is 0 Å². The van der Waals surface area contributed by atoms with E-state index >= 15 is 0 Å². The summed E-state index contributed by atoms with van der Waals surface area (Å²) in [5, 5.41) is 0. The van der Waals surface area contributed by atoms with E-state index in [1.54, 1.807) is 17.0 Å². The maximum atomic E-state index is 12.9. The average Bonchev–Trinajstić information content (AvgIpc) is 2.71. The van der Waals surface area contributed by atoms with E-state index in [0.717, 1.165) is 17.8 Å². The number of hydrogen-bond acceptors (Lipinski definition) is 4. The summed E-state index contributed by atoms with van der Waals surface area (Å²) < 4.78 is 0. The average molecular weight is 324 g/mol. The zero-order valence-corrected chi connectivity index (χ0v) is 13.8. The molecule has 3 rings (SSSR count). The number of aromatic nitrogens is 1. The van der Waals surface area contributed by atoms with Crippen LogP contribution >= 0.6 is 0 Å². The smallest absolute Gasteiger partial charge is 0.273 e. The Kier molecular flexibility index (Phi) is 4.20. The van der Waals surface area contributed by atoms with Gasteiger partial charge in [0.05, 0.1) is 0 Å². The highest BCUT2D eigenvalue weighted by Gasteiger charge is 2.28. The molecule has 124 valence electrons. The Morgan fingerprint density at radius 3 is 2.58 bits per heavy atom. The first-order valence-electron chi connectivity index (χ1n) is 7.84. The van der Waals surface area contributed by atoms with Gasteiger partial charge in [-0.25, -0.2) is 4.98 Å². The first-order chi connectivity index (χ1) is 11.5. The highest BCUT2D eigenvalue weighted by Crippen LogP contribution is 2.26. The van der Waals surface area contributed by atoms with Gasteiger partial charge in [0.15, 0.2) is 0 Å². The zero-order valence-electron chi connectivity index (χ0n) is 13.8. The van der Waals surface area contributed by atoms with Crippen LogP contribution in [-0.2, 0) is 6.54 Å². The fourth-order valence-corrected chi connectivity index (χ4v) is 3.06. The number of nitrogens with zero attached hydrogens (tertiary/aromatic N) is 3. The standard InChI is InChI=1S/C18H20N4O2/c1-12-10-21(2)16-9-4-3-6-13(16)11-22(12)18(24)15-8-5-7-14(20-15)17(19)23/h3-9,12H,10-11H2,1-2H3,(H2,19,23). The van der Waals surface area contributed by atoms with Gasteiger partial charge < -0.3 is 15.5 Å². The van der Waals surface area contributed by atoms with Crippen molar-refractivity contribution in [3.05, 3.63) is 59.4 Å². The van der Waals surface area contributed by atoms with Crippen molar-refractivity contribution >= 4 is 17.5 Å². The Balaban J connectivity index is 1.95. The molecular formula is C18H20N4O2. The number of carbonyl (C=O) groups is 2. The van der Waals surface area contributed by atoms with Gasteiger partial charge in [0.25, 0.3) is 11.8 Å². The number of fused-ring (bicyclic) bond motifs is 1. The molecule has 6 nitrogen and oxygen atoms in total. The molecule has 0 radical (unpaired) electrons. The van der Waals surface area contributed by atoms with E-state index in [4.69, 9.17) is 5.73 Å². The van der Waals surface area contributed by atoms with E-state index in [2.05, 4.69) is 16.0 Å². The summed E-state index contributed by atoms with van der Waals surface area (Å²) in [6.07, 6.45) is 0. The van der Waals surface area contributed by atoms with Crippen LogP contribution in [0, 0.1) is 0 Å². The van der Waals surface area contributed by atoms with Crippen LogP contribution in [0.5, 0.6) is 0 Å². The zero-order chi connectivity index (χ0) is 17.3. The van der Waals surface area contributed by atoms with Crippen LogP contribution in [0.25, 0.3) is 0 Å². The minimum Gasteiger partial charge on any atom is -0.372 e. The minimum absolute atomic E-state index is 0.00827. The molecule has 2 aromatic rings. The van der Waals surface area contributed by atoms with Crippen molar-refractivity contribution in [2.45, 2.75) is 19.5 Å². The van der Waals surface area contributed by atoms with E-state index in [1.807, 2.05) is 32.2 Å². The van der Waals surface area contributed by atoms with Crippen LogP contribution in [0.3, 0.4) is 0 Å². The topological polar surface area (TPSA) is 79.5 Å². The van der Waals surface area contributed by atoms with E-state index in [0.29, 0.717) is 6.54 Å². The van der Waals surface area contributed by atoms with E-state index in [9.17, 15) is 9.59 Å². The molecule has 1 atom stereocenters. The molecule has 2 heterocycles. The lowest BCUT2D eigenvalue weighted by molar-refractivity contribution is 0.0681. The van der Waals surface area contributed by atoms with Crippen molar-refractivity contribution in [1.29, 1.82) is 0 Å². The van der Waals surface area contributed by atoms with Crippen molar-refractivity contribution in [3.8, 4) is 0 Å². The van der Waals surface area contributed by atoms with E-state index < -0.39 is 5.91 Å². The summed E-state index contributed by atoms with van der Waals surface area (Å²) in [6.45, 7) is 3.24. The number of rotatable bonds is 2. The van der Waals surface area contributed by atoms with Gasteiger partial charge >= 0.3 is 0 Å². The lowest BCUT2D eigenvalue weighted by Crippen LogP contribution is -2.42. The second-order valence-electron chi connectivity index (χ2n) is 6.06. The Hall–Kier alpha value is -2.89. The molecular weight excluding hydrogens is 304 g/mol. The molecule has 0 aliphatic carbocycles. The van der Waals surface area contributed by atoms with Gasteiger partial charge in [-0.1, -0.05) is 24.3 Å². The molecule has 0 fully saturated rings. The number of para-hydroxylation sites is 1. The monoisotopic (exact) mass is 324 g/mol. The molecule has 1 aromatic carbocycles. The molecule has 2 N–H and O–H groups in total. The Morgan fingerprint density at radius 1 is 1.12 bits per heavy atom. The molecule has 0 saturated heterocycles. The van der Waals surface area contributed by atoms with Gasteiger partial charge in [-0.05, 0) is 30.7 Å². The summed E-state index contributed by atoms with van der Waals surface area (Å²) in [6, 6.07) is 12.8. The Bertz CT molecular complexity index is 790. The van der Waals surface area contributed by atoms with Crippen LogP contribution in [0.4, 0.5) is 5.69 Å². The maximum absolute atomic E-state index is 12.9. The molecule has 24 heavy (non-hydrogen) atoms. The highest BCUT2D eigenvalue weighted by atomic mass is 16.2. The summed E-state index contributed by atoms with van der Waals surface area (Å²) in [7, 11) is 2.02. The van der Waals surface area contributed by atoms with Gasteiger partial charge in [-0.3, -0.25) is 9.59 Å². The van der Waals surface area contributed by atoms with E-state index in [-0.39, 0.29) is 23.3 Å². The molecule has 1 aromatic heterocycles. The first kappa shape index (κ1) is 16.0. The van der Waals surface area contributed by atoms with E-state index in [1.165, 1.54) is 6.07 Å². The number of hydrogen-bond donors (Lipinski definition) is 1. The van der Waals surface area contributed by atoms with Crippen LogP contribution in [0.2, 0.25) is 0 Å². The first-order valence-corrected chi connectivity index (χ1v) is 7.84. The van der Waals surface area contributed by atoms with Crippen molar-refractivity contribution in [2.24, 2.45) is 5.73 Å². The number of carbonyl (C=O) groups excluding carboxylic acids is 2. The second-order valence-corrected chi connectivity index (χ2v) is 6.06. The van der Waals surface area contributed by atoms with Crippen molar-refractivity contribution in [3.63, 3.8) is 0 Å². The fourth-order valence-electron chi connectivity index (χ4n) is 3.06. The number of primary amides is 1. The summed E-state index contributed by atoms with van der Waals surface area (Å²) in [5.74, 6) is -0.839. The number of nitrogens with two attached hydrogens (primary N) is 1. The molecule has 1 aliphatic rings.